The summed E-state index contributed by atoms with van der Waals surface area (Å²) in [5.74, 6) is 5.86. The van der Waals surface area contributed by atoms with Crippen LogP contribution in [-0.2, 0) is 13.5 Å². The molecule has 4 heterocycles. The number of carbonyl (C=O) groups excluding carboxylic acids is 1. The van der Waals surface area contributed by atoms with E-state index in [0.29, 0.717) is 11.0 Å². The van der Waals surface area contributed by atoms with Crippen molar-refractivity contribution in [3.63, 3.8) is 0 Å². The lowest BCUT2D eigenvalue weighted by molar-refractivity contribution is 0.100. The minimum Gasteiger partial charge on any atom is -0.381 e. The first-order valence-electron chi connectivity index (χ1n) is 12.9. The summed E-state index contributed by atoms with van der Waals surface area (Å²) in [4.78, 5) is 28.4. The van der Waals surface area contributed by atoms with Crippen molar-refractivity contribution in [2.75, 3.05) is 5.73 Å². The number of aromatic nitrogens is 6. The van der Waals surface area contributed by atoms with Crippen molar-refractivity contribution in [1.29, 1.82) is 0 Å². The lowest BCUT2D eigenvalue weighted by atomic mass is 10.0. The molecule has 10 nitrogen and oxygen atoms in total. The molecule has 0 atom stereocenters. The molecule has 204 valence electrons. The predicted octanol–water partition coefficient (Wildman–Crippen LogP) is 3.41. The van der Waals surface area contributed by atoms with E-state index in [2.05, 4.69) is 40.0 Å². The van der Waals surface area contributed by atoms with Crippen molar-refractivity contribution in [3.05, 3.63) is 118 Å². The third-order valence-corrected chi connectivity index (χ3v) is 6.51. The van der Waals surface area contributed by atoms with E-state index in [1.54, 1.807) is 27.7 Å². The molecule has 6 aromatic rings. The zero-order chi connectivity index (χ0) is 29.1. The second-order valence-corrected chi connectivity index (χ2v) is 9.30. The number of nitrogens with two attached hydrogens (primary N) is 2. The number of hydrogen-bond acceptors (Lipinski definition) is 6. The van der Waals surface area contributed by atoms with E-state index in [1.807, 2.05) is 68.7 Å². The molecule has 0 saturated carbocycles. The van der Waals surface area contributed by atoms with Gasteiger partial charge in [0.15, 0.2) is 11.5 Å². The monoisotopic (exact) mass is 544 g/mol. The number of rotatable bonds is 3. The molecule has 0 unspecified atom stereocenters. The minimum absolute atomic E-state index is 0.0339. The lowest BCUT2D eigenvalue weighted by Crippen LogP contribution is -2.22. The maximum absolute atomic E-state index is 13.5. The van der Waals surface area contributed by atoms with Crippen molar-refractivity contribution in [3.8, 4) is 17.5 Å². The Morgan fingerprint density at radius 2 is 1.76 bits per heavy atom. The molecule has 1 amide bonds. The summed E-state index contributed by atoms with van der Waals surface area (Å²) in [6.45, 7) is 4.00. The Balaban J connectivity index is 0.000000216. The van der Waals surface area contributed by atoms with Crippen molar-refractivity contribution in [1.82, 2.24) is 28.9 Å². The highest BCUT2D eigenvalue weighted by Crippen LogP contribution is 2.20. The Morgan fingerprint density at radius 3 is 2.44 bits per heavy atom. The van der Waals surface area contributed by atoms with Crippen molar-refractivity contribution >= 4 is 28.1 Å². The standard InChI is InChI=1S/C24H21N3O.C7H7N5O/c1-4-21-15-19-10-8-9-18(13-14-20-16-26(3)25-17(20)2)23(19)24(28)27(21)22-11-6-5-7-12-22;8-5-4(6(9)13)7-10-2-1-3-12(7)11-5/h5-12,15-16H,4H2,1-3H3;1-3H,(H2,8,11)(H2,9,13). The lowest BCUT2D eigenvalue weighted by Gasteiger charge is -2.14. The summed E-state index contributed by atoms with van der Waals surface area (Å²) in [5, 5.41) is 9.76. The predicted molar refractivity (Wildman–Crippen MR) is 159 cm³/mol. The molecule has 0 radical (unpaired) electrons. The average molecular weight is 545 g/mol. The summed E-state index contributed by atoms with van der Waals surface area (Å²) in [7, 11) is 1.88. The van der Waals surface area contributed by atoms with Crippen LogP contribution < -0.4 is 17.0 Å². The summed E-state index contributed by atoms with van der Waals surface area (Å²) in [5.41, 5.74) is 15.4. The highest BCUT2D eigenvalue weighted by atomic mass is 16.1. The highest BCUT2D eigenvalue weighted by molar-refractivity contribution is 6.03. The zero-order valence-electron chi connectivity index (χ0n) is 22.9. The fraction of sp³-hybridized carbons (Fsp3) is 0.129. The van der Waals surface area contributed by atoms with E-state index >= 15 is 0 Å². The quantitative estimate of drug-likeness (QED) is 0.328. The largest absolute Gasteiger partial charge is 0.381 e. The molecular weight excluding hydrogens is 516 g/mol. The fourth-order valence-corrected chi connectivity index (χ4v) is 4.64. The molecule has 0 aliphatic rings. The number of aryl methyl sites for hydroxylation is 3. The Hall–Kier alpha value is -5.69. The Bertz CT molecular complexity index is 2020. The van der Waals surface area contributed by atoms with Crippen LogP contribution in [0.25, 0.3) is 22.1 Å². The number of nitrogens with zero attached hydrogens (tertiary/aromatic N) is 6. The van der Waals surface area contributed by atoms with Crippen LogP contribution in [0.1, 0.15) is 39.8 Å². The second kappa shape index (κ2) is 11.2. The van der Waals surface area contributed by atoms with Crippen LogP contribution in [0.4, 0.5) is 5.82 Å². The van der Waals surface area contributed by atoms with E-state index in [9.17, 15) is 9.59 Å². The maximum atomic E-state index is 13.5. The van der Waals surface area contributed by atoms with Crippen LogP contribution >= 0.6 is 0 Å². The van der Waals surface area contributed by atoms with E-state index in [1.165, 1.54) is 4.52 Å². The van der Waals surface area contributed by atoms with Crippen LogP contribution in [0, 0.1) is 18.8 Å². The van der Waals surface area contributed by atoms with Gasteiger partial charge in [-0.2, -0.15) is 5.10 Å². The van der Waals surface area contributed by atoms with Gasteiger partial charge in [0.2, 0.25) is 0 Å². The van der Waals surface area contributed by atoms with Crippen LogP contribution in [0.15, 0.2) is 84.0 Å². The zero-order valence-corrected chi connectivity index (χ0v) is 22.9. The first kappa shape index (κ1) is 26.9. The molecule has 41 heavy (non-hydrogen) atoms. The Kier molecular flexibility index (Phi) is 7.35. The molecule has 10 heteroatoms. The molecule has 0 saturated heterocycles. The van der Waals surface area contributed by atoms with Crippen LogP contribution in [0.3, 0.4) is 0 Å². The number of primary amides is 1. The number of anilines is 1. The number of carbonyl (C=O) groups is 1. The fourth-order valence-electron chi connectivity index (χ4n) is 4.64. The SMILES string of the molecule is CCc1cc2cccc(C#Cc3cn(C)nc3C)c2c(=O)n1-c1ccccc1.NC(=O)c1c(N)nn2cccnc12. The van der Waals surface area contributed by atoms with Crippen LogP contribution in [0.5, 0.6) is 0 Å². The van der Waals surface area contributed by atoms with E-state index < -0.39 is 5.91 Å². The van der Waals surface area contributed by atoms with E-state index in [4.69, 9.17) is 11.5 Å². The van der Waals surface area contributed by atoms with Gasteiger partial charge in [0.1, 0.15) is 5.56 Å². The van der Waals surface area contributed by atoms with Gasteiger partial charge in [0, 0.05) is 42.6 Å². The molecule has 4 N–H and O–H groups in total. The van der Waals surface area contributed by atoms with Gasteiger partial charge in [-0.05, 0) is 49.1 Å². The molecule has 0 bridgehead atoms. The van der Waals surface area contributed by atoms with Gasteiger partial charge in [-0.15, -0.1) is 5.10 Å². The Morgan fingerprint density at radius 1 is 1.00 bits per heavy atom. The van der Waals surface area contributed by atoms with E-state index in [-0.39, 0.29) is 16.9 Å². The van der Waals surface area contributed by atoms with Gasteiger partial charge in [0.25, 0.3) is 11.5 Å². The molecule has 0 aliphatic heterocycles. The molecule has 2 aromatic carbocycles. The van der Waals surface area contributed by atoms with Gasteiger partial charge in [-0.25, -0.2) is 9.50 Å². The highest BCUT2D eigenvalue weighted by Gasteiger charge is 2.15. The van der Waals surface area contributed by atoms with Crippen LogP contribution in [0.2, 0.25) is 0 Å². The molecular formula is C31H28N8O2. The average Bonchev–Trinajstić information content (AvgIpc) is 3.48. The summed E-state index contributed by atoms with van der Waals surface area (Å²) in [6, 6.07) is 19.4. The maximum Gasteiger partial charge on any atom is 0.264 e. The number of hydrogen-bond donors (Lipinski definition) is 2. The number of pyridine rings is 1. The van der Waals surface area contributed by atoms with Gasteiger partial charge < -0.3 is 11.5 Å². The topological polar surface area (TPSA) is 139 Å². The van der Waals surface area contributed by atoms with Gasteiger partial charge in [0.05, 0.1) is 16.6 Å². The number of para-hydroxylation sites is 1. The van der Waals surface area contributed by atoms with Gasteiger partial charge in [-0.3, -0.25) is 18.8 Å². The smallest absolute Gasteiger partial charge is 0.264 e. The molecule has 6 rings (SSSR count). The number of amides is 1. The molecule has 0 fully saturated rings. The third kappa shape index (κ3) is 5.29. The molecule has 0 spiro atoms. The number of fused-ring (bicyclic) bond motifs is 2. The van der Waals surface area contributed by atoms with E-state index in [0.717, 1.165) is 40.0 Å². The number of nitrogen functional groups attached to an aromatic ring is 1. The minimum atomic E-state index is -0.619. The third-order valence-electron chi connectivity index (χ3n) is 6.51. The normalized spacial score (nSPS) is 10.6. The van der Waals surface area contributed by atoms with Crippen molar-refractivity contribution in [2.24, 2.45) is 12.8 Å². The van der Waals surface area contributed by atoms with Crippen molar-refractivity contribution < 1.29 is 4.79 Å². The Labute approximate surface area is 235 Å². The summed E-state index contributed by atoms with van der Waals surface area (Å²) < 4.78 is 4.95. The first-order valence-corrected chi connectivity index (χ1v) is 12.9. The van der Waals surface area contributed by atoms with Crippen molar-refractivity contribution in [2.45, 2.75) is 20.3 Å². The summed E-state index contributed by atoms with van der Waals surface area (Å²) in [6.07, 6.45) is 5.85. The van der Waals surface area contributed by atoms with Crippen LogP contribution in [-0.4, -0.2) is 34.9 Å². The second-order valence-electron chi connectivity index (χ2n) is 9.30. The number of benzene rings is 2. The van der Waals surface area contributed by atoms with Gasteiger partial charge in [-0.1, -0.05) is 49.1 Å². The first-order chi connectivity index (χ1) is 19.8. The molecule has 4 aromatic heterocycles. The van der Waals surface area contributed by atoms with Gasteiger partial charge >= 0.3 is 0 Å². The summed E-state index contributed by atoms with van der Waals surface area (Å²) >= 11 is 0. The molecule has 0 aliphatic carbocycles.